The first-order valence-corrected chi connectivity index (χ1v) is 7.34. The Kier molecular flexibility index (Phi) is 6.40. The Balaban J connectivity index is 2.38. The van der Waals surface area contributed by atoms with Crippen LogP contribution in [0.1, 0.15) is 15.9 Å². The fraction of sp³-hybridized carbons (Fsp3) is 0.211. The second kappa shape index (κ2) is 8.74. The Morgan fingerprint density at radius 1 is 1.00 bits per heavy atom. The average Bonchev–Trinajstić information content (AvgIpc) is 2.64. The average molecular weight is 328 g/mol. The molecule has 0 aliphatic rings. The number of benzene rings is 2. The lowest BCUT2D eigenvalue weighted by Crippen LogP contribution is -2.07. The minimum Gasteiger partial charge on any atom is -0.496 e. The Hall–Kier alpha value is -2.79. The summed E-state index contributed by atoms with van der Waals surface area (Å²) in [6.45, 7) is 0.0129. The summed E-state index contributed by atoms with van der Waals surface area (Å²) in [6, 6.07) is 12.8. The highest BCUT2D eigenvalue weighted by atomic mass is 16.7. The van der Waals surface area contributed by atoms with Gasteiger partial charge in [0, 0.05) is 19.2 Å². The molecule has 0 aromatic heterocycles. The van der Waals surface area contributed by atoms with Crippen molar-refractivity contribution >= 4 is 11.9 Å². The van der Waals surface area contributed by atoms with Crippen LogP contribution in [0.25, 0.3) is 6.08 Å². The lowest BCUT2D eigenvalue weighted by molar-refractivity contribution is 0.0500. The predicted molar refractivity (Wildman–Crippen MR) is 91.9 cm³/mol. The van der Waals surface area contributed by atoms with Crippen molar-refractivity contribution in [1.29, 1.82) is 0 Å². The highest BCUT2D eigenvalue weighted by Gasteiger charge is 2.19. The lowest BCUT2D eigenvalue weighted by atomic mass is 10.1. The second-order valence-corrected chi connectivity index (χ2v) is 4.86. The monoisotopic (exact) mass is 328 g/mol. The fourth-order valence-electron chi connectivity index (χ4n) is 2.14. The zero-order chi connectivity index (χ0) is 17.4. The van der Waals surface area contributed by atoms with Crippen LogP contribution in [0.2, 0.25) is 0 Å². The van der Waals surface area contributed by atoms with Gasteiger partial charge in [0.25, 0.3) is 0 Å². The molecule has 2 rings (SSSR count). The summed E-state index contributed by atoms with van der Waals surface area (Å²) < 4.78 is 21.0. The maximum Gasteiger partial charge on any atom is 0.193 e. The lowest BCUT2D eigenvalue weighted by Gasteiger charge is -2.14. The molecule has 0 atom stereocenters. The largest absolute Gasteiger partial charge is 0.496 e. The number of ether oxygens (including phenoxy) is 4. The molecule has 5 nitrogen and oxygen atoms in total. The molecule has 126 valence electrons. The predicted octanol–water partition coefficient (Wildman–Crippen LogP) is 3.58. The van der Waals surface area contributed by atoms with Gasteiger partial charge in [0.1, 0.15) is 22.8 Å². The molecule has 0 saturated heterocycles. The van der Waals surface area contributed by atoms with Gasteiger partial charge in [0.05, 0.1) is 14.2 Å². The van der Waals surface area contributed by atoms with E-state index in [0.29, 0.717) is 22.8 Å². The van der Waals surface area contributed by atoms with Gasteiger partial charge >= 0.3 is 0 Å². The van der Waals surface area contributed by atoms with Crippen molar-refractivity contribution in [2.45, 2.75) is 0 Å². The third kappa shape index (κ3) is 4.36. The number of hydrogen-bond acceptors (Lipinski definition) is 5. The highest BCUT2D eigenvalue weighted by Crippen LogP contribution is 2.35. The number of hydrogen-bond donors (Lipinski definition) is 0. The van der Waals surface area contributed by atoms with E-state index in [-0.39, 0.29) is 12.6 Å². The van der Waals surface area contributed by atoms with E-state index in [9.17, 15) is 4.79 Å². The molecule has 0 amide bonds. The molecule has 0 radical (unpaired) electrons. The van der Waals surface area contributed by atoms with E-state index in [1.165, 1.54) is 27.4 Å². The summed E-state index contributed by atoms with van der Waals surface area (Å²) in [6.07, 6.45) is 3.23. The Morgan fingerprint density at radius 2 is 1.71 bits per heavy atom. The van der Waals surface area contributed by atoms with Crippen LogP contribution in [-0.2, 0) is 4.74 Å². The van der Waals surface area contributed by atoms with Crippen molar-refractivity contribution in [1.82, 2.24) is 0 Å². The molecule has 0 unspecified atom stereocenters. The first kappa shape index (κ1) is 17.6. The number of methoxy groups -OCH3 is 3. The molecule has 5 heteroatoms. The Labute approximate surface area is 141 Å². The van der Waals surface area contributed by atoms with E-state index in [4.69, 9.17) is 18.9 Å². The molecule has 0 bridgehead atoms. The van der Waals surface area contributed by atoms with Gasteiger partial charge in [-0.3, -0.25) is 4.79 Å². The zero-order valence-corrected chi connectivity index (χ0v) is 13.9. The summed E-state index contributed by atoms with van der Waals surface area (Å²) in [5.41, 5.74) is 1.25. The van der Waals surface area contributed by atoms with Gasteiger partial charge in [-0.15, -0.1) is 0 Å². The molecule has 0 spiro atoms. The second-order valence-electron chi connectivity index (χ2n) is 4.86. The summed E-state index contributed by atoms with van der Waals surface area (Å²) in [4.78, 5) is 12.7. The van der Waals surface area contributed by atoms with Crippen molar-refractivity contribution in [3.8, 4) is 17.2 Å². The quantitative estimate of drug-likeness (QED) is 0.421. The minimum absolute atomic E-state index is 0.0129. The van der Waals surface area contributed by atoms with Gasteiger partial charge in [0.2, 0.25) is 0 Å². The molecule has 0 N–H and O–H groups in total. The van der Waals surface area contributed by atoms with Gasteiger partial charge in [-0.1, -0.05) is 36.4 Å². The van der Waals surface area contributed by atoms with Gasteiger partial charge in [-0.05, 0) is 11.6 Å². The summed E-state index contributed by atoms with van der Waals surface area (Å²) in [7, 11) is 4.53. The van der Waals surface area contributed by atoms with Gasteiger partial charge in [-0.25, -0.2) is 0 Å². The first-order chi connectivity index (χ1) is 11.7. The molecule has 0 aliphatic heterocycles. The maximum atomic E-state index is 12.7. The molecule has 24 heavy (non-hydrogen) atoms. The van der Waals surface area contributed by atoms with Crippen molar-refractivity contribution in [2.24, 2.45) is 0 Å². The molecule has 0 heterocycles. The Morgan fingerprint density at radius 3 is 2.33 bits per heavy atom. The van der Waals surface area contributed by atoms with Crippen molar-refractivity contribution in [3.05, 3.63) is 59.7 Å². The Bertz CT molecular complexity index is 707. The number of carbonyl (C=O) groups is 1. The number of rotatable bonds is 8. The smallest absolute Gasteiger partial charge is 0.193 e. The molecule has 0 saturated carbocycles. The zero-order valence-electron chi connectivity index (χ0n) is 13.9. The SMILES string of the molecule is COCOc1cc(OC)cc(OC)c1C(=O)/C=C/c1ccccc1. The number of carbonyl (C=O) groups excluding carboxylic acids is 1. The van der Waals surface area contributed by atoms with Crippen LogP contribution in [0.3, 0.4) is 0 Å². The summed E-state index contributed by atoms with van der Waals surface area (Å²) in [5.74, 6) is 1.02. The number of ketones is 1. The van der Waals surface area contributed by atoms with Crippen molar-refractivity contribution < 1.29 is 23.7 Å². The summed E-state index contributed by atoms with van der Waals surface area (Å²) in [5, 5.41) is 0. The molecule has 0 fully saturated rings. The van der Waals surface area contributed by atoms with Crippen LogP contribution in [-0.4, -0.2) is 33.9 Å². The fourth-order valence-corrected chi connectivity index (χ4v) is 2.14. The van der Waals surface area contributed by atoms with Crippen LogP contribution >= 0.6 is 0 Å². The third-order valence-electron chi connectivity index (χ3n) is 3.30. The van der Waals surface area contributed by atoms with E-state index in [2.05, 4.69) is 0 Å². The minimum atomic E-state index is -0.232. The number of allylic oxidation sites excluding steroid dienone is 1. The van der Waals surface area contributed by atoms with E-state index >= 15 is 0 Å². The molecular weight excluding hydrogens is 308 g/mol. The summed E-state index contributed by atoms with van der Waals surface area (Å²) >= 11 is 0. The van der Waals surface area contributed by atoms with Crippen molar-refractivity contribution in [3.63, 3.8) is 0 Å². The van der Waals surface area contributed by atoms with E-state index in [1.807, 2.05) is 30.3 Å². The van der Waals surface area contributed by atoms with Crippen LogP contribution in [0.5, 0.6) is 17.2 Å². The van der Waals surface area contributed by atoms with Gasteiger partial charge in [0.15, 0.2) is 12.6 Å². The van der Waals surface area contributed by atoms with Crippen LogP contribution in [0, 0.1) is 0 Å². The normalized spacial score (nSPS) is 10.6. The first-order valence-electron chi connectivity index (χ1n) is 7.34. The topological polar surface area (TPSA) is 54.0 Å². The van der Waals surface area contributed by atoms with Crippen LogP contribution < -0.4 is 14.2 Å². The van der Waals surface area contributed by atoms with Gasteiger partial charge < -0.3 is 18.9 Å². The van der Waals surface area contributed by atoms with E-state index < -0.39 is 0 Å². The highest BCUT2D eigenvalue weighted by molar-refractivity contribution is 6.10. The van der Waals surface area contributed by atoms with Gasteiger partial charge in [-0.2, -0.15) is 0 Å². The molecule has 2 aromatic carbocycles. The molecule has 2 aromatic rings. The third-order valence-corrected chi connectivity index (χ3v) is 3.30. The van der Waals surface area contributed by atoms with Crippen LogP contribution in [0.15, 0.2) is 48.5 Å². The maximum absolute atomic E-state index is 12.7. The molecule has 0 aliphatic carbocycles. The van der Waals surface area contributed by atoms with E-state index in [1.54, 1.807) is 18.2 Å². The van der Waals surface area contributed by atoms with Crippen LogP contribution in [0.4, 0.5) is 0 Å². The standard InChI is InChI=1S/C19H20O5/c1-21-13-24-18-12-15(22-2)11-17(23-3)19(18)16(20)10-9-14-7-5-4-6-8-14/h4-12H,13H2,1-3H3/b10-9+. The van der Waals surface area contributed by atoms with E-state index in [0.717, 1.165) is 5.56 Å². The van der Waals surface area contributed by atoms with Crippen molar-refractivity contribution in [2.75, 3.05) is 28.1 Å². The molecular formula is C19H20O5.